The van der Waals surface area contributed by atoms with Crippen molar-refractivity contribution in [2.24, 2.45) is 0 Å². The van der Waals surface area contributed by atoms with E-state index in [1.165, 1.54) is 11.1 Å². The van der Waals surface area contributed by atoms with Crippen molar-refractivity contribution in [1.82, 2.24) is 31.1 Å². The van der Waals surface area contributed by atoms with E-state index in [9.17, 15) is 19.8 Å². The van der Waals surface area contributed by atoms with Crippen molar-refractivity contribution >= 4 is 12.1 Å². The minimum Gasteiger partial charge on any atom is -0.508 e. The van der Waals surface area contributed by atoms with Crippen LogP contribution in [0.15, 0.2) is 109 Å². The summed E-state index contributed by atoms with van der Waals surface area (Å²) in [6, 6.07) is 34.8. The van der Waals surface area contributed by atoms with Crippen LogP contribution in [0.3, 0.4) is 0 Å². The smallest absolute Gasteiger partial charge is 0.315 e. The molecule has 4 rings (SSSR count). The summed E-state index contributed by atoms with van der Waals surface area (Å²) >= 11 is 0. The number of rotatable bonds is 16. The minimum absolute atomic E-state index is 0.0623. The average molecular weight is 711 g/mol. The summed E-state index contributed by atoms with van der Waals surface area (Å²) in [5.74, 6) is 0.528. The molecule has 6 N–H and O–H groups in total. The SMILES string of the molecule is CC(Cc1ccccc1)NC(=O)NC[C@H](Cc1ccc(O)cc1)N(C)C.C[C@@H](Cc1ccccc1)NC(=O)NC[C@H](Cc1ccc(O)cc1)N(C)C. The van der Waals surface area contributed by atoms with Crippen molar-refractivity contribution in [1.29, 1.82) is 0 Å². The van der Waals surface area contributed by atoms with Crippen molar-refractivity contribution < 1.29 is 19.8 Å². The summed E-state index contributed by atoms with van der Waals surface area (Å²) < 4.78 is 0. The standard InChI is InChI=1S/2C21H29N3O2/c2*1-16(13-17-7-5-4-6-8-17)23-21(26)22-15-19(24(2)3)14-18-9-11-20(25)12-10-18/h2*4-12,16,19,25H,13-15H2,1-3H3,(H2,22,23,26)/t16?,19-;16-,19-/m00/s1. The Morgan fingerprint density at radius 1 is 0.500 bits per heavy atom. The highest BCUT2D eigenvalue weighted by molar-refractivity contribution is 5.74. The zero-order chi connectivity index (χ0) is 37.9. The summed E-state index contributed by atoms with van der Waals surface area (Å²) in [5, 5.41) is 30.7. The number of nitrogens with zero attached hydrogens (tertiary/aromatic N) is 2. The van der Waals surface area contributed by atoms with Crippen molar-refractivity contribution in [3.8, 4) is 11.5 Å². The van der Waals surface area contributed by atoms with E-state index in [-0.39, 0.29) is 47.7 Å². The summed E-state index contributed by atoms with van der Waals surface area (Å²) in [5.41, 5.74) is 4.67. The Bertz CT molecular complexity index is 1460. The number of hydrogen-bond acceptors (Lipinski definition) is 6. The topological polar surface area (TPSA) is 129 Å². The minimum atomic E-state index is -0.147. The van der Waals surface area contributed by atoms with Crippen LogP contribution in [-0.4, -0.2) is 97.5 Å². The molecule has 10 heteroatoms. The summed E-state index contributed by atoms with van der Waals surface area (Å²) in [6.07, 6.45) is 3.21. The van der Waals surface area contributed by atoms with Gasteiger partial charge < -0.3 is 41.3 Å². The number of amides is 4. The predicted molar refractivity (Wildman–Crippen MR) is 211 cm³/mol. The van der Waals surface area contributed by atoms with E-state index in [2.05, 4.69) is 55.3 Å². The van der Waals surface area contributed by atoms with Crippen LogP contribution in [0.5, 0.6) is 11.5 Å². The maximum absolute atomic E-state index is 12.2. The number of carbonyl (C=O) groups is 2. The normalized spacial score (nSPS) is 13.2. The molecule has 4 amide bonds. The van der Waals surface area contributed by atoms with Gasteiger partial charge in [-0.05, 0) is 114 Å². The fourth-order valence-electron chi connectivity index (χ4n) is 5.69. The van der Waals surface area contributed by atoms with E-state index in [4.69, 9.17) is 0 Å². The molecule has 0 radical (unpaired) electrons. The van der Waals surface area contributed by atoms with Gasteiger partial charge in [0.1, 0.15) is 11.5 Å². The number of urea groups is 2. The Hall–Kier alpha value is -5.06. The molecule has 4 aromatic rings. The lowest BCUT2D eigenvalue weighted by Gasteiger charge is -2.25. The molecular weight excluding hydrogens is 652 g/mol. The molecule has 0 heterocycles. The molecule has 280 valence electrons. The van der Waals surface area contributed by atoms with Crippen LogP contribution in [-0.2, 0) is 25.7 Å². The molecule has 10 nitrogen and oxygen atoms in total. The maximum atomic E-state index is 12.2. The van der Waals surface area contributed by atoms with Crippen LogP contribution in [0.25, 0.3) is 0 Å². The van der Waals surface area contributed by atoms with Crippen LogP contribution in [0.1, 0.15) is 36.1 Å². The van der Waals surface area contributed by atoms with Crippen LogP contribution >= 0.6 is 0 Å². The Labute approximate surface area is 310 Å². The summed E-state index contributed by atoms with van der Waals surface area (Å²) in [4.78, 5) is 28.6. The monoisotopic (exact) mass is 710 g/mol. The lowest BCUT2D eigenvalue weighted by atomic mass is 10.0. The van der Waals surface area contributed by atoms with Gasteiger partial charge in [-0.3, -0.25) is 0 Å². The highest BCUT2D eigenvalue weighted by Crippen LogP contribution is 2.14. The van der Waals surface area contributed by atoms with Crippen LogP contribution < -0.4 is 21.3 Å². The van der Waals surface area contributed by atoms with Crippen molar-refractivity contribution in [2.75, 3.05) is 41.3 Å². The third-order valence-corrected chi connectivity index (χ3v) is 8.80. The third-order valence-electron chi connectivity index (χ3n) is 8.80. The first-order valence-corrected chi connectivity index (χ1v) is 17.9. The summed E-state index contributed by atoms with van der Waals surface area (Å²) in [6.45, 7) is 5.12. The highest BCUT2D eigenvalue weighted by Gasteiger charge is 2.16. The fourth-order valence-corrected chi connectivity index (χ4v) is 5.69. The van der Waals surface area contributed by atoms with Gasteiger partial charge in [0.05, 0.1) is 0 Å². The summed E-state index contributed by atoms with van der Waals surface area (Å²) in [7, 11) is 8.01. The molecule has 0 aliphatic carbocycles. The van der Waals surface area contributed by atoms with Gasteiger partial charge in [-0.1, -0.05) is 84.9 Å². The van der Waals surface area contributed by atoms with Gasteiger partial charge in [0.2, 0.25) is 0 Å². The van der Waals surface area contributed by atoms with Crippen molar-refractivity contribution in [3.63, 3.8) is 0 Å². The molecule has 52 heavy (non-hydrogen) atoms. The lowest BCUT2D eigenvalue weighted by molar-refractivity contribution is 0.228. The number of benzene rings is 4. The number of aromatic hydroxyl groups is 2. The number of phenols is 2. The third kappa shape index (κ3) is 16.3. The van der Waals surface area contributed by atoms with Gasteiger partial charge in [-0.15, -0.1) is 0 Å². The van der Waals surface area contributed by atoms with Gasteiger partial charge >= 0.3 is 12.1 Å². The molecular formula is C42H58N6O4. The van der Waals surface area contributed by atoms with E-state index in [1.807, 2.05) is 103 Å². The first-order valence-electron chi connectivity index (χ1n) is 17.9. The molecule has 0 bridgehead atoms. The van der Waals surface area contributed by atoms with Crippen LogP contribution in [0.4, 0.5) is 9.59 Å². The van der Waals surface area contributed by atoms with Crippen LogP contribution in [0, 0.1) is 0 Å². The molecule has 0 spiro atoms. The zero-order valence-corrected chi connectivity index (χ0v) is 31.5. The average Bonchev–Trinajstić information content (AvgIpc) is 3.11. The molecule has 0 saturated carbocycles. The second-order valence-electron chi connectivity index (χ2n) is 13.9. The highest BCUT2D eigenvalue weighted by atomic mass is 16.3. The molecule has 0 fully saturated rings. The van der Waals surface area contributed by atoms with E-state index in [1.54, 1.807) is 24.3 Å². The second kappa shape index (κ2) is 22.0. The first kappa shape index (κ1) is 41.4. The van der Waals surface area contributed by atoms with Crippen LogP contribution in [0.2, 0.25) is 0 Å². The molecule has 0 saturated heterocycles. The lowest BCUT2D eigenvalue weighted by Crippen LogP contribution is -2.47. The van der Waals surface area contributed by atoms with Gasteiger partial charge in [-0.25, -0.2) is 9.59 Å². The second-order valence-corrected chi connectivity index (χ2v) is 13.9. The van der Waals surface area contributed by atoms with Gasteiger partial charge in [0.25, 0.3) is 0 Å². The van der Waals surface area contributed by atoms with Crippen molar-refractivity contribution in [3.05, 3.63) is 131 Å². The molecule has 0 aliphatic heterocycles. The van der Waals surface area contributed by atoms with Gasteiger partial charge in [0.15, 0.2) is 0 Å². The Morgan fingerprint density at radius 3 is 1.12 bits per heavy atom. The quantitative estimate of drug-likeness (QED) is 0.0900. The Balaban J connectivity index is 0.000000280. The zero-order valence-electron chi connectivity index (χ0n) is 31.5. The molecule has 0 aliphatic rings. The number of nitrogens with one attached hydrogen (secondary N) is 4. The van der Waals surface area contributed by atoms with E-state index >= 15 is 0 Å². The molecule has 1 unspecified atom stereocenters. The Morgan fingerprint density at radius 2 is 0.808 bits per heavy atom. The first-order chi connectivity index (χ1) is 24.9. The molecule has 0 aromatic heterocycles. The van der Waals surface area contributed by atoms with Gasteiger partial charge in [0, 0.05) is 37.3 Å². The number of likely N-dealkylation sites (N-methyl/N-ethyl adjacent to an activating group) is 2. The number of phenolic OH excluding ortho intramolecular Hbond substituents is 2. The predicted octanol–water partition coefficient (Wildman–Crippen LogP) is 5.59. The maximum Gasteiger partial charge on any atom is 0.315 e. The Kier molecular flexibility index (Phi) is 17.5. The van der Waals surface area contributed by atoms with Crippen molar-refractivity contribution in [2.45, 2.75) is 63.7 Å². The largest absolute Gasteiger partial charge is 0.508 e. The van der Waals surface area contributed by atoms with E-state index in [0.29, 0.717) is 13.1 Å². The van der Waals surface area contributed by atoms with Gasteiger partial charge in [-0.2, -0.15) is 0 Å². The fraction of sp³-hybridized carbons (Fsp3) is 0.381. The molecule has 4 aromatic carbocycles. The number of carbonyl (C=O) groups excluding carboxylic acids is 2. The molecule has 4 atom stereocenters. The van der Waals surface area contributed by atoms with E-state index < -0.39 is 0 Å². The van der Waals surface area contributed by atoms with E-state index in [0.717, 1.165) is 36.8 Å². The number of hydrogen-bond donors (Lipinski definition) is 6.